The molecule has 3 heterocycles. The van der Waals surface area contributed by atoms with Gasteiger partial charge in [0.1, 0.15) is 12.3 Å². The Morgan fingerprint density at radius 1 is 1.09 bits per heavy atom. The highest BCUT2D eigenvalue weighted by atomic mass is 79.9. The van der Waals surface area contributed by atoms with Crippen LogP contribution < -0.4 is 24.9 Å². The number of amides is 1. The van der Waals surface area contributed by atoms with E-state index in [1.807, 2.05) is 83.6 Å². The van der Waals surface area contributed by atoms with Crippen LogP contribution in [-0.4, -0.2) is 34.7 Å². The van der Waals surface area contributed by atoms with Crippen LogP contribution >= 0.6 is 27.3 Å². The minimum absolute atomic E-state index is 0.0962. The number of anilines is 1. The van der Waals surface area contributed by atoms with Crippen LogP contribution in [-0.2, 0) is 20.9 Å². The van der Waals surface area contributed by atoms with Crippen LogP contribution in [0.5, 0.6) is 5.75 Å². The second-order valence-electron chi connectivity index (χ2n) is 10.3. The lowest BCUT2D eigenvalue weighted by molar-refractivity contribution is -0.139. The Balaban J connectivity index is 1.46. The molecule has 9 nitrogen and oxygen atoms in total. The maximum atomic E-state index is 14.2. The van der Waals surface area contributed by atoms with Crippen molar-refractivity contribution in [3.8, 4) is 5.75 Å². The first-order chi connectivity index (χ1) is 21.8. The van der Waals surface area contributed by atoms with Crippen molar-refractivity contribution < 1.29 is 19.1 Å². The van der Waals surface area contributed by atoms with Gasteiger partial charge in [0.15, 0.2) is 4.80 Å². The van der Waals surface area contributed by atoms with E-state index in [2.05, 4.69) is 26.2 Å². The van der Waals surface area contributed by atoms with E-state index in [0.717, 1.165) is 22.2 Å². The minimum atomic E-state index is -0.757. The van der Waals surface area contributed by atoms with Crippen LogP contribution in [0.2, 0.25) is 0 Å². The molecule has 1 atom stereocenters. The van der Waals surface area contributed by atoms with Crippen LogP contribution in [0.15, 0.2) is 105 Å². The molecule has 0 saturated carbocycles. The van der Waals surface area contributed by atoms with Crippen LogP contribution in [0.4, 0.5) is 5.69 Å². The fourth-order valence-electron chi connectivity index (χ4n) is 5.50. The number of nitrogens with one attached hydrogen (secondary N) is 1. The summed E-state index contributed by atoms with van der Waals surface area (Å²) < 4.78 is 15.4. The van der Waals surface area contributed by atoms with E-state index in [-0.39, 0.29) is 24.6 Å². The third kappa shape index (κ3) is 5.88. The molecule has 6 rings (SSSR count). The standard InChI is InChI=1S/C34H29BrN4O5S/c1-4-44-33(42)30-20(2)36-34-39(31(30)21-14-15-27(43-3)25(35)16-21)32(41)28(45-34)17-22-18-38(26-13-9-8-12-24(22)26)19-29(40)37-23-10-6-5-7-11-23/h5-18,31H,4,19H2,1-3H3,(H,37,40)/b28-17+/t31-/m0/s1. The average Bonchev–Trinajstić information content (AvgIpc) is 3.52. The number of hydrogen-bond donors (Lipinski definition) is 1. The van der Waals surface area contributed by atoms with Gasteiger partial charge in [0.2, 0.25) is 5.91 Å². The lowest BCUT2D eigenvalue weighted by Crippen LogP contribution is -2.39. The SMILES string of the molecule is CCOC(=O)C1=C(C)N=c2s/c(=C/c3cn(CC(=O)Nc4ccccc4)c4ccccc34)c(=O)n2[C@H]1c1ccc(OC)c(Br)c1. The van der Waals surface area contributed by atoms with Crippen LogP contribution in [0.1, 0.15) is 31.0 Å². The highest BCUT2D eigenvalue weighted by molar-refractivity contribution is 9.10. The van der Waals surface area contributed by atoms with Gasteiger partial charge in [0, 0.05) is 28.4 Å². The average molecular weight is 686 g/mol. The number of para-hydroxylation sites is 2. The first-order valence-corrected chi connectivity index (χ1v) is 15.9. The van der Waals surface area contributed by atoms with E-state index >= 15 is 0 Å². The smallest absolute Gasteiger partial charge is 0.338 e. The van der Waals surface area contributed by atoms with Gasteiger partial charge in [0.25, 0.3) is 5.56 Å². The zero-order valence-corrected chi connectivity index (χ0v) is 27.1. The Morgan fingerprint density at radius 2 is 1.84 bits per heavy atom. The van der Waals surface area contributed by atoms with E-state index in [4.69, 9.17) is 9.47 Å². The monoisotopic (exact) mass is 684 g/mol. The lowest BCUT2D eigenvalue weighted by atomic mass is 9.96. The molecule has 0 aliphatic carbocycles. The van der Waals surface area contributed by atoms with E-state index in [9.17, 15) is 14.4 Å². The van der Waals surface area contributed by atoms with E-state index in [1.54, 1.807) is 31.6 Å². The van der Waals surface area contributed by atoms with Crippen LogP contribution in [0, 0.1) is 0 Å². The van der Waals surface area contributed by atoms with Crippen LogP contribution in [0.3, 0.4) is 0 Å². The summed E-state index contributed by atoms with van der Waals surface area (Å²) in [6, 6.07) is 21.7. The van der Waals surface area contributed by atoms with Crippen molar-refractivity contribution in [2.75, 3.05) is 19.0 Å². The highest BCUT2D eigenvalue weighted by Crippen LogP contribution is 2.35. The maximum absolute atomic E-state index is 14.2. The Hall–Kier alpha value is -4.74. The number of methoxy groups -OCH3 is 1. The van der Waals surface area contributed by atoms with Gasteiger partial charge in [-0.1, -0.05) is 53.8 Å². The maximum Gasteiger partial charge on any atom is 0.338 e. The predicted molar refractivity (Wildman–Crippen MR) is 178 cm³/mol. The van der Waals surface area contributed by atoms with Gasteiger partial charge in [-0.15, -0.1) is 0 Å². The molecule has 0 saturated heterocycles. The second-order valence-corrected chi connectivity index (χ2v) is 12.2. The molecule has 0 spiro atoms. The van der Waals surface area contributed by atoms with Gasteiger partial charge in [-0.25, -0.2) is 9.79 Å². The Labute approximate surface area is 270 Å². The van der Waals surface area contributed by atoms with Gasteiger partial charge in [0.05, 0.1) is 40.0 Å². The molecule has 1 aliphatic heterocycles. The van der Waals surface area contributed by atoms with Gasteiger partial charge in [-0.05, 0) is 71.7 Å². The number of benzene rings is 3. The van der Waals surface area contributed by atoms with Crippen molar-refractivity contribution in [3.63, 3.8) is 0 Å². The molecular formula is C34H29BrN4O5S. The molecular weight excluding hydrogens is 656 g/mol. The molecule has 1 N–H and O–H groups in total. The molecule has 0 radical (unpaired) electrons. The number of carbonyl (C=O) groups is 2. The third-order valence-electron chi connectivity index (χ3n) is 7.49. The molecule has 1 aliphatic rings. The fourth-order valence-corrected chi connectivity index (χ4v) is 7.09. The summed E-state index contributed by atoms with van der Waals surface area (Å²) in [4.78, 5) is 45.5. The second kappa shape index (κ2) is 12.7. The van der Waals surface area contributed by atoms with Crippen molar-refractivity contribution in [1.82, 2.24) is 9.13 Å². The first-order valence-electron chi connectivity index (χ1n) is 14.2. The molecule has 0 bridgehead atoms. The number of aromatic nitrogens is 2. The number of rotatable bonds is 8. The quantitative estimate of drug-likeness (QED) is 0.228. The summed E-state index contributed by atoms with van der Waals surface area (Å²) in [5.74, 6) is -0.0688. The first kappa shape index (κ1) is 30.3. The molecule has 3 aromatic carbocycles. The summed E-state index contributed by atoms with van der Waals surface area (Å²) in [7, 11) is 1.57. The molecule has 0 fully saturated rings. The molecule has 0 unspecified atom stereocenters. The normalized spacial score (nSPS) is 14.7. The fraction of sp³-hybridized carbons (Fsp3) is 0.176. The number of esters is 1. The predicted octanol–water partition coefficient (Wildman–Crippen LogP) is 5.16. The number of halogens is 1. The number of fused-ring (bicyclic) bond motifs is 2. The van der Waals surface area contributed by atoms with Gasteiger partial charge < -0.3 is 19.4 Å². The summed E-state index contributed by atoms with van der Waals surface area (Å²) in [6.45, 7) is 3.78. The zero-order valence-electron chi connectivity index (χ0n) is 24.7. The van der Waals surface area contributed by atoms with E-state index in [1.165, 1.54) is 11.3 Å². The van der Waals surface area contributed by atoms with E-state index < -0.39 is 12.0 Å². The summed E-state index contributed by atoms with van der Waals surface area (Å²) >= 11 is 4.79. The van der Waals surface area contributed by atoms with E-state index in [0.29, 0.717) is 36.4 Å². The summed E-state index contributed by atoms with van der Waals surface area (Å²) in [5, 5.41) is 3.82. The number of nitrogens with zero attached hydrogens (tertiary/aromatic N) is 3. The summed E-state index contributed by atoms with van der Waals surface area (Å²) in [6.07, 6.45) is 3.70. The number of carbonyl (C=O) groups excluding carboxylic acids is 2. The molecule has 1 amide bonds. The largest absolute Gasteiger partial charge is 0.496 e. The number of thiazole rings is 1. The lowest BCUT2D eigenvalue weighted by Gasteiger charge is -2.25. The topological polar surface area (TPSA) is 104 Å². The number of hydrogen-bond acceptors (Lipinski definition) is 7. The molecule has 228 valence electrons. The van der Waals surface area contributed by atoms with Gasteiger partial charge in [-0.2, -0.15) is 0 Å². The Bertz CT molecular complexity index is 2160. The third-order valence-corrected chi connectivity index (χ3v) is 9.09. The van der Waals surface area contributed by atoms with Crippen LogP contribution in [0.25, 0.3) is 17.0 Å². The van der Waals surface area contributed by atoms with Gasteiger partial charge in [-0.3, -0.25) is 14.2 Å². The van der Waals surface area contributed by atoms with Crippen molar-refractivity contribution >= 4 is 61.8 Å². The van der Waals surface area contributed by atoms with Gasteiger partial charge >= 0.3 is 5.97 Å². The van der Waals surface area contributed by atoms with Crippen molar-refractivity contribution in [1.29, 1.82) is 0 Å². The molecule has 45 heavy (non-hydrogen) atoms. The molecule has 5 aromatic rings. The highest BCUT2D eigenvalue weighted by Gasteiger charge is 2.33. The zero-order chi connectivity index (χ0) is 31.7. The minimum Gasteiger partial charge on any atom is -0.496 e. The summed E-state index contributed by atoms with van der Waals surface area (Å²) in [5.41, 5.74) is 3.57. The van der Waals surface area contributed by atoms with Crippen molar-refractivity contribution in [2.24, 2.45) is 4.99 Å². The molecule has 2 aromatic heterocycles. The number of ether oxygens (including phenoxy) is 2. The Kier molecular flexibility index (Phi) is 8.55. The number of allylic oxidation sites excluding steroid dienone is 1. The van der Waals surface area contributed by atoms with Crippen molar-refractivity contribution in [2.45, 2.75) is 26.4 Å². The Morgan fingerprint density at radius 3 is 2.58 bits per heavy atom. The van der Waals surface area contributed by atoms with Crippen molar-refractivity contribution in [3.05, 3.63) is 126 Å². The molecule has 11 heteroatoms.